The van der Waals surface area contributed by atoms with Crippen LogP contribution < -0.4 is 10.2 Å². The second kappa shape index (κ2) is 6.67. The van der Waals surface area contributed by atoms with E-state index >= 15 is 0 Å². The highest BCUT2D eigenvalue weighted by Crippen LogP contribution is 2.28. The monoisotopic (exact) mass is 354 g/mol. The van der Waals surface area contributed by atoms with Crippen molar-refractivity contribution >= 4 is 21.6 Å². The number of piperidine rings is 1. The molecule has 3 nitrogen and oxygen atoms in total. The molecule has 2 rings (SSSR count). The smallest absolute Gasteiger partial charge is 0.0599 e. The second-order valence-corrected chi connectivity index (χ2v) is 8.01. The fourth-order valence-corrected chi connectivity index (χ4v) is 3.11. The van der Waals surface area contributed by atoms with Gasteiger partial charge in [-0.3, -0.25) is 0 Å². The lowest BCUT2D eigenvalue weighted by Crippen LogP contribution is -2.42. The highest BCUT2D eigenvalue weighted by Gasteiger charge is 2.24. The van der Waals surface area contributed by atoms with E-state index in [2.05, 4.69) is 72.0 Å². The first kappa shape index (κ1) is 16.8. The van der Waals surface area contributed by atoms with Crippen LogP contribution in [0.15, 0.2) is 22.7 Å². The van der Waals surface area contributed by atoms with Gasteiger partial charge in [-0.25, -0.2) is 0 Å². The van der Waals surface area contributed by atoms with Crippen LogP contribution in [0, 0.1) is 5.92 Å². The Bertz CT molecular complexity index is 484. The molecule has 0 bridgehead atoms. The molecule has 1 aromatic rings. The third-order valence-corrected chi connectivity index (χ3v) is 4.81. The zero-order chi connectivity index (χ0) is 15.6. The standard InChI is InChI=1S/C17H27BrN2O/c1-12-11-20(8-7-16(12)21)14-6-5-13(15(18)9-14)10-19-17(2,3)4/h5-6,9,12,16,19,21H,7-8,10-11H2,1-4H3. The summed E-state index contributed by atoms with van der Waals surface area (Å²) in [4.78, 5) is 2.36. The molecule has 2 atom stereocenters. The highest BCUT2D eigenvalue weighted by atomic mass is 79.9. The number of hydrogen-bond acceptors (Lipinski definition) is 3. The lowest BCUT2D eigenvalue weighted by atomic mass is 9.96. The molecule has 0 saturated carbocycles. The predicted molar refractivity (Wildman–Crippen MR) is 92.7 cm³/mol. The number of hydrogen-bond donors (Lipinski definition) is 2. The number of aliphatic hydroxyl groups excluding tert-OH is 1. The minimum Gasteiger partial charge on any atom is -0.393 e. The second-order valence-electron chi connectivity index (χ2n) is 7.16. The summed E-state index contributed by atoms with van der Waals surface area (Å²) >= 11 is 3.69. The summed E-state index contributed by atoms with van der Waals surface area (Å²) in [7, 11) is 0. The van der Waals surface area contributed by atoms with E-state index in [1.54, 1.807) is 0 Å². The topological polar surface area (TPSA) is 35.5 Å². The van der Waals surface area contributed by atoms with E-state index in [0.717, 1.165) is 30.5 Å². The summed E-state index contributed by atoms with van der Waals surface area (Å²) in [6.45, 7) is 11.4. The van der Waals surface area contributed by atoms with Crippen LogP contribution in [0.4, 0.5) is 5.69 Å². The number of nitrogens with one attached hydrogen (secondary N) is 1. The maximum atomic E-state index is 9.84. The van der Waals surface area contributed by atoms with Crippen molar-refractivity contribution in [2.24, 2.45) is 5.92 Å². The van der Waals surface area contributed by atoms with Crippen LogP contribution in [-0.4, -0.2) is 29.8 Å². The number of anilines is 1. The molecule has 0 radical (unpaired) electrons. The Hall–Kier alpha value is -0.580. The zero-order valence-electron chi connectivity index (χ0n) is 13.5. The van der Waals surface area contributed by atoms with Gasteiger partial charge in [-0.1, -0.05) is 28.9 Å². The van der Waals surface area contributed by atoms with Crippen LogP contribution in [0.3, 0.4) is 0 Å². The molecule has 118 valence electrons. The van der Waals surface area contributed by atoms with E-state index in [0.29, 0.717) is 5.92 Å². The summed E-state index contributed by atoms with van der Waals surface area (Å²) in [6, 6.07) is 6.58. The largest absolute Gasteiger partial charge is 0.393 e. The third-order valence-electron chi connectivity index (χ3n) is 4.07. The van der Waals surface area contributed by atoms with E-state index in [4.69, 9.17) is 0 Å². The number of nitrogens with zero attached hydrogens (tertiary/aromatic N) is 1. The van der Waals surface area contributed by atoms with Crippen LogP contribution in [0.25, 0.3) is 0 Å². The Morgan fingerprint density at radius 3 is 2.67 bits per heavy atom. The minimum atomic E-state index is -0.153. The Morgan fingerprint density at radius 2 is 2.10 bits per heavy atom. The van der Waals surface area contributed by atoms with Gasteiger partial charge in [0.15, 0.2) is 0 Å². The van der Waals surface area contributed by atoms with Gasteiger partial charge in [0.05, 0.1) is 6.10 Å². The molecule has 1 aliphatic heterocycles. The Labute approximate surface area is 136 Å². The molecule has 2 unspecified atom stereocenters. The van der Waals surface area contributed by atoms with Crippen LogP contribution in [-0.2, 0) is 6.54 Å². The van der Waals surface area contributed by atoms with Gasteiger partial charge in [-0.15, -0.1) is 0 Å². The van der Waals surface area contributed by atoms with E-state index in [9.17, 15) is 5.11 Å². The molecular weight excluding hydrogens is 328 g/mol. The summed E-state index contributed by atoms with van der Waals surface area (Å²) in [5.74, 6) is 0.333. The van der Waals surface area contributed by atoms with Crippen LogP contribution in [0.2, 0.25) is 0 Å². The van der Waals surface area contributed by atoms with Crippen molar-refractivity contribution in [2.45, 2.75) is 52.3 Å². The van der Waals surface area contributed by atoms with E-state index in [-0.39, 0.29) is 11.6 Å². The zero-order valence-corrected chi connectivity index (χ0v) is 15.1. The maximum absolute atomic E-state index is 9.84. The van der Waals surface area contributed by atoms with Crippen molar-refractivity contribution in [3.63, 3.8) is 0 Å². The number of halogens is 1. The van der Waals surface area contributed by atoms with Crippen molar-refractivity contribution in [1.29, 1.82) is 0 Å². The van der Waals surface area contributed by atoms with E-state index < -0.39 is 0 Å². The summed E-state index contributed by atoms with van der Waals surface area (Å²) < 4.78 is 1.15. The number of aliphatic hydroxyl groups is 1. The van der Waals surface area contributed by atoms with E-state index in [1.807, 2.05) is 0 Å². The molecule has 1 saturated heterocycles. The fourth-order valence-electron chi connectivity index (χ4n) is 2.60. The first-order valence-corrected chi connectivity index (χ1v) is 8.52. The molecule has 0 spiro atoms. The highest BCUT2D eigenvalue weighted by molar-refractivity contribution is 9.10. The molecular formula is C17H27BrN2O. The van der Waals surface area contributed by atoms with Gasteiger partial charge in [0.25, 0.3) is 0 Å². The van der Waals surface area contributed by atoms with Gasteiger partial charge in [0.2, 0.25) is 0 Å². The minimum absolute atomic E-state index is 0.122. The van der Waals surface area contributed by atoms with Crippen molar-refractivity contribution in [3.05, 3.63) is 28.2 Å². The van der Waals surface area contributed by atoms with Crippen LogP contribution in [0.5, 0.6) is 0 Å². The Balaban J connectivity index is 2.05. The molecule has 1 aromatic carbocycles. The average Bonchev–Trinajstić information content (AvgIpc) is 2.39. The quantitative estimate of drug-likeness (QED) is 0.871. The lowest BCUT2D eigenvalue weighted by Gasteiger charge is -2.36. The van der Waals surface area contributed by atoms with Gasteiger partial charge in [0.1, 0.15) is 0 Å². The lowest BCUT2D eigenvalue weighted by molar-refractivity contribution is 0.0971. The first-order chi connectivity index (χ1) is 9.76. The van der Waals surface area contributed by atoms with Gasteiger partial charge in [0, 0.05) is 35.3 Å². The maximum Gasteiger partial charge on any atom is 0.0599 e. The summed E-state index contributed by atoms with van der Waals surface area (Å²) in [5.41, 5.74) is 2.63. The Morgan fingerprint density at radius 1 is 1.38 bits per heavy atom. The predicted octanol–water partition coefficient (Wildman–Crippen LogP) is 3.54. The van der Waals surface area contributed by atoms with Gasteiger partial charge < -0.3 is 15.3 Å². The molecule has 0 aliphatic carbocycles. The van der Waals surface area contributed by atoms with Crippen molar-refractivity contribution in [3.8, 4) is 0 Å². The number of rotatable bonds is 3. The first-order valence-electron chi connectivity index (χ1n) is 7.73. The summed E-state index contributed by atoms with van der Waals surface area (Å²) in [6.07, 6.45) is 0.700. The van der Waals surface area contributed by atoms with Crippen molar-refractivity contribution in [1.82, 2.24) is 5.32 Å². The normalized spacial score (nSPS) is 23.4. The van der Waals surface area contributed by atoms with Gasteiger partial charge in [-0.05, 0) is 50.8 Å². The van der Waals surface area contributed by atoms with Crippen molar-refractivity contribution in [2.75, 3.05) is 18.0 Å². The van der Waals surface area contributed by atoms with Crippen LogP contribution in [0.1, 0.15) is 39.7 Å². The molecule has 1 heterocycles. The SMILES string of the molecule is CC1CN(c2ccc(CNC(C)(C)C)c(Br)c2)CCC1O. The molecule has 1 aliphatic rings. The fraction of sp³-hybridized carbons (Fsp3) is 0.647. The van der Waals surface area contributed by atoms with E-state index in [1.165, 1.54) is 11.3 Å². The summed E-state index contributed by atoms with van der Waals surface area (Å²) in [5, 5.41) is 13.4. The molecule has 2 N–H and O–H groups in total. The third kappa shape index (κ3) is 4.70. The Kier molecular flexibility index (Phi) is 5.33. The molecule has 1 fully saturated rings. The van der Waals surface area contributed by atoms with Gasteiger partial charge in [-0.2, -0.15) is 0 Å². The molecule has 0 aromatic heterocycles. The molecule has 4 heteroatoms. The molecule has 0 amide bonds. The molecule has 21 heavy (non-hydrogen) atoms. The van der Waals surface area contributed by atoms with Gasteiger partial charge >= 0.3 is 0 Å². The average molecular weight is 355 g/mol. The van der Waals surface area contributed by atoms with Crippen molar-refractivity contribution < 1.29 is 5.11 Å². The van der Waals surface area contributed by atoms with Crippen LogP contribution >= 0.6 is 15.9 Å². The number of benzene rings is 1.